The maximum absolute atomic E-state index is 13.3. The maximum atomic E-state index is 13.3. The van der Waals surface area contributed by atoms with Gasteiger partial charge < -0.3 is 9.55 Å². The summed E-state index contributed by atoms with van der Waals surface area (Å²) >= 11 is 6.20. The second-order valence-electron chi connectivity index (χ2n) is 6.54. The van der Waals surface area contributed by atoms with Crippen molar-refractivity contribution < 1.29 is 4.39 Å². The molecule has 4 nitrogen and oxygen atoms in total. The number of H-pyrrole nitrogens is 1. The van der Waals surface area contributed by atoms with Gasteiger partial charge in [0.25, 0.3) is 0 Å². The van der Waals surface area contributed by atoms with Crippen LogP contribution in [0.15, 0.2) is 54.9 Å². The van der Waals surface area contributed by atoms with Crippen molar-refractivity contribution in [3.63, 3.8) is 0 Å². The number of hydrogen-bond acceptors (Lipinski definition) is 2. The molecule has 0 amide bonds. The highest BCUT2D eigenvalue weighted by Gasteiger charge is 2.14. The van der Waals surface area contributed by atoms with Crippen LogP contribution in [0.5, 0.6) is 0 Å². The van der Waals surface area contributed by atoms with E-state index in [1.54, 1.807) is 12.3 Å². The summed E-state index contributed by atoms with van der Waals surface area (Å²) in [5.41, 5.74) is 2.77. The molecule has 0 radical (unpaired) electrons. The van der Waals surface area contributed by atoms with E-state index in [9.17, 15) is 4.39 Å². The molecule has 1 unspecified atom stereocenters. The molecule has 2 heterocycles. The molecular weight excluding hydrogens is 351 g/mol. The molecule has 0 saturated heterocycles. The van der Waals surface area contributed by atoms with Crippen molar-refractivity contribution in [1.29, 1.82) is 0 Å². The summed E-state index contributed by atoms with van der Waals surface area (Å²) in [7, 11) is 0. The van der Waals surface area contributed by atoms with Crippen LogP contribution in [0.25, 0.3) is 22.4 Å². The molecule has 26 heavy (non-hydrogen) atoms. The Labute approximate surface area is 155 Å². The lowest BCUT2D eigenvalue weighted by Gasteiger charge is -2.14. The Bertz CT molecular complexity index is 1020. The first-order valence-corrected chi connectivity index (χ1v) is 8.88. The minimum atomic E-state index is -0.352. The molecule has 4 aromatic rings. The monoisotopic (exact) mass is 368 g/mol. The van der Waals surface area contributed by atoms with Crippen LogP contribution in [-0.2, 0) is 13.0 Å². The van der Waals surface area contributed by atoms with Crippen LogP contribution >= 0.6 is 11.6 Å². The number of halogens is 2. The van der Waals surface area contributed by atoms with Crippen molar-refractivity contribution >= 4 is 22.6 Å². The van der Waals surface area contributed by atoms with Gasteiger partial charge in [0.1, 0.15) is 17.5 Å². The molecule has 4 rings (SSSR count). The number of imidazole rings is 2. The minimum absolute atomic E-state index is 0.336. The summed E-state index contributed by atoms with van der Waals surface area (Å²) in [6, 6.07) is 12.4. The van der Waals surface area contributed by atoms with Gasteiger partial charge in [0.2, 0.25) is 0 Å². The zero-order valence-corrected chi connectivity index (χ0v) is 15.0. The van der Waals surface area contributed by atoms with Gasteiger partial charge in [-0.15, -0.1) is 0 Å². The van der Waals surface area contributed by atoms with Crippen LogP contribution in [0.1, 0.15) is 12.7 Å². The SMILES string of the molecule is CC(Cc1nc2ccccc2[nH]1)Cn1ccnc1-c1ccc(F)cc1Cl. The van der Waals surface area contributed by atoms with Gasteiger partial charge in [-0.3, -0.25) is 0 Å². The van der Waals surface area contributed by atoms with Crippen molar-refractivity contribution in [3.05, 3.63) is 71.5 Å². The highest BCUT2D eigenvalue weighted by Crippen LogP contribution is 2.28. The molecule has 1 atom stereocenters. The number of aromatic nitrogens is 4. The lowest BCUT2D eigenvalue weighted by atomic mass is 10.1. The molecule has 0 aliphatic carbocycles. The van der Waals surface area contributed by atoms with Crippen molar-refractivity contribution in [3.8, 4) is 11.4 Å². The number of nitrogens with one attached hydrogen (secondary N) is 1. The third kappa shape index (κ3) is 3.35. The first-order valence-electron chi connectivity index (χ1n) is 8.50. The number of hydrogen-bond donors (Lipinski definition) is 1. The van der Waals surface area contributed by atoms with Gasteiger partial charge in [0.15, 0.2) is 0 Å². The Morgan fingerprint density at radius 3 is 2.88 bits per heavy atom. The van der Waals surface area contributed by atoms with Gasteiger partial charge in [-0.25, -0.2) is 14.4 Å². The van der Waals surface area contributed by atoms with E-state index in [-0.39, 0.29) is 5.82 Å². The van der Waals surface area contributed by atoms with E-state index in [1.807, 2.05) is 35.0 Å². The van der Waals surface area contributed by atoms with Crippen molar-refractivity contribution in [2.75, 3.05) is 0 Å². The zero-order valence-electron chi connectivity index (χ0n) is 14.3. The Morgan fingerprint density at radius 2 is 2.08 bits per heavy atom. The number of aromatic amines is 1. The van der Waals surface area contributed by atoms with Crippen LogP contribution in [-0.4, -0.2) is 19.5 Å². The van der Waals surface area contributed by atoms with Crippen LogP contribution in [0.3, 0.4) is 0 Å². The lowest BCUT2D eigenvalue weighted by Crippen LogP contribution is -2.11. The minimum Gasteiger partial charge on any atom is -0.342 e. The summed E-state index contributed by atoms with van der Waals surface area (Å²) in [6.07, 6.45) is 4.48. The summed E-state index contributed by atoms with van der Waals surface area (Å²) in [5.74, 6) is 1.70. The number of fused-ring (bicyclic) bond motifs is 1. The molecule has 6 heteroatoms. The number of para-hydroxylation sites is 2. The van der Waals surface area contributed by atoms with Gasteiger partial charge >= 0.3 is 0 Å². The van der Waals surface area contributed by atoms with Gasteiger partial charge in [0.05, 0.1) is 16.1 Å². The predicted molar refractivity (Wildman–Crippen MR) is 102 cm³/mol. The predicted octanol–water partition coefficient (Wildman–Crippen LogP) is 5.10. The van der Waals surface area contributed by atoms with Gasteiger partial charge in [0, 0.05) is 30.9 Å². The largest absolute Gasteiger partial charge is 0.342 e. The average molecular weight is 369 g/mol. The lowest BCUT2D eigenvalue weighted by molar-refractivity contribution is 0.474. The van der Waals surface area contributed by atoms with Crippen molar-refractivity contribution in [2.45, 2.75) is 19.9 Å². The second kappa shape index (κ2) is 6.92. The maximum Gasteiger partial charge on any atom is 0.141 e. The van der Waals surface area contributed by atoms with E-state index in [1.165, 1.54) is 12.1 Å². The third-order valence-electron chi connectivity index (χ3n) is 4.38. The number of nitrogens with zero attached hydrogens (tertiary/aromatic N) is 3. The first kappa shape index (κ1) is 16.8. The fourth-order valence-corrected chi connectivity index (χ4v) is 3.46. The van der Waals surface area contributed by atoms with Gasteiger partial charge in [-0.05, 0) is 36.2 Å². The highest BCUT2D eigenvalue weighted by atomic mass is 35.5. The molecule has 132 valence electrons. The highest BCUT2D eigenvalue weighted by molar-refractivity contribution is 6.33. The van der Waals surface area contributed by atoms with Crippen LogP contribution in [0.2, 0.25) is 5.02 Å². The van der Waals surface area contributed by atoms with E-state index >= 15 is 0 Å². The van der Waals surface area contributed by atoms with Crippen molar-refractivity contribution in [2.24, 2.45) is 5.92 Å². The number of benzene rings is 2. The summed E-state index contributed by atoms with van der Waals surface area (Å²) in [5, 5.41) is 0.363. The zero-order chi connectivity index (χ0) is 18.1. The van der Waals surface area contributed by atoms with Crippen LogP contribution < -0.4 is 0 Å². The molecule has 0 spiro atoms. The fraction of sp³-hybridized carbons (Fsp3) is 0.200. The molecular formula is C20H18ClFN4. The standard InChI is InChI=1S/C20H18ClFN4/c1-13(10-19-24-17-4-2-3-5-18(17)25-19)12-26-9-8-23-20(26)15-7-6-14(22)11-16(15)21/h2-9,11,13H,10,12H2,1H3,(H,24,25). The molecule has 0 bridgehead atoms. The van der Waals surface area contributed by atoms with Crippen LogP contribution in [0.4, 0.5) is 4.39 Å². The second-order valence-corrected chi connectivity index (χ2v) is 6.94. The molecule has 0 fully saturated rings. The summed E-state index contributed by atoms with van der Waals surface area (Å²) in [4.78, 5) is 12.4. The normalized spacial score (nSPS) is 12.6. The topological polar surface area (TPSA) is 46.5 Å². The fourth-order valence-electron chi connectivity index (χ4n) is 3.20. The van der Waals surface area contributed by atoms with Crippen molar-refractivity contribution in [1.82, 2.24) is 19.5 Å². The smallest absolute Gasteiger partial charge is 0.141 e. The Morgan fingerprint density at radius 1 is 1.23 bits per heavy atom. The molecule has 2 aromatic carbocycles. The van der Waals surface area contributed by atoms with Gasteiger partial charge in [-0.1, -0.05) is 30.7 Å². The molecule has 0 aliphatic rings. The summed E-state index contributed by atoms with van der Waals surface area (Å²) in [6.45, 7) is 2.93. The van der Waals surface area contributed by atoms with E-state index in [2.05, 4.69) is 21.9 Å². The Balaban J connectivity index is 1.53. The molecule has 2 aromatic heterocycles. The first-order chi connectivity index (χ1) is 12.6. The van der Waals surface area contributed by atoms with Gasteiger partial charge in [-0.2, -0.15) is 0 Å². The Kier molecular flexibility index (Phi) is 4.47. The Hall–Kier alpha value is -2.66. The molecule has 1 N–H and O–H groups in total. The molecule has 0 aliphatic heterocycles. The molecule has 0 saturated carbocycles. The van der Waals surface area contributed by atoms with E-state index in [0.717, 1.165) is 41.2 Å². The van der Waals surface area contributed by atoms with E-state index in [4.69, 9.17) is 11.6 Å². The number of rotatable bonds is 5. The van der Waals surface area contributed by atoms with Crippen LogP contribution in [0, 0.1) is 11.7 Å². The average Bonchev–Trinajstić information content (AvgIpc) is 3.21. The quantitative estimate of drug-likeness (QED) is 0.532. The third-order valence-corrected chi connectivity index (χ3v) is 4.69. The summed E-state index contributed by atoms with van der Waals surface area (Å²) < 4.78 is 15.4. The van der Waals surface area contributed by atoms with E-state index in [0.29, 0.717) is 10.9 Å². The van der Waals surface area contributed by atoms with E-state index < -0.39 is 0 Å².